The second kappa shape index (κ2) is 5.20. The van der Waals surface area contributed by atoms with Crippen molar-refractivity contribution >= 4 is 5.97 Å². The van der Waals surface area contributed by atoms with Crippen LogP contribution in [0.4, 0.5) is 0 Å². The number of carboxylic acid groups (broad SMARTS) is 1. The molecule has 0 aromatic rings. The van der Waals surface area contributed by atoms with Crippen LogP contribution in [0.2, 0.25) is 0 Å². The molecule has 0 aromatic carbocycles. The number of hydrogen-bond acceptors (Lipinski definition) is 3. The Kier molecular flexibility index (Phi) is 4.88. The first-order valence-corrected chi connectivity index (χ1v) is 3.26. The second-order valence-corrected chi connectivity index (χ2v) is 2.15. The minimum atomic E-state index is -0.948. The van der Waals surface area contributed by atoms with Crippen LogP contribution in [0.3, 0.4) is 0 Å². The van der Waals surface area contributed by atoms with Gasteiger partial charge >= 0.3 is 5.97 Å². The van der Waals surface area contributed by atoms with Gasteiger partial charge in [-0.2, -0.15) is 0 Å². The third kappa shape index (κ3) is 3.42. The van der Waals surface area contributed by atoms with Crippen LogP contribution >= 0.6 is 0 Å². The van der Waals surface area contributed by atoms with Gasteiger partial charge in [0.2, 0.25) is 0 Å². The fourth-order valence-electron chi connectivity index (χ4n) is 0.657. The lowest BCUT2D eigenvalue weighted by Crippen LogP contribution is -2.18. The summed E-state index contributed by atoms with van der Waals surface area (Å²) in [5, 5.41) is 16.9. The van der Waals surface area contributed by atoms with Gasteiger partial charge in [-0.25, -0.2) is 0 Å². The van der Waals surface area contributed by atoms with E-state index in [2.05, 4.69) is 0 Å². The van der Waals surface area contributed by atoms with Crippen molar-refractivity contribution in [3.8, 4) is 0 Å². The van der Waals surface area contributed by atoms with Gasteiger partial charge in [-0.05, 0) is 19.4 Å². The number of aliphatic hydroxyl groups excluding tert-OH is 1. The molecule has 0 aliphatic carbocycles. The molecule has 1 unspecified atom stereocenters. The molecular formula is C6H13NO3. The summed E-state index contributed by atoms with van der Waals surface area (Å²) in [7, 11) is 0. The average Bonchev–Trinajstić information content (AvgIpc) is 1.89. The normalized spacial score (nSPS) is 13.0. The molecule has 0 aliphatic rings. The smallest absolute Gasteiger partial charge is 0.308 e. The number of carbonyl (C=O) groups is 1. The van der Waals surface area contributed by atoms with Crippen LogP contribution in [-0.4, -0.2) is 29.3 Å². The van der Waals surface area contributed by atoms with Crippen molar-refractivity contribution in [1.82, 2.24) is 0 Å². The van der Waals surface area contributed by atoms with Gasteiger partial charge in [0.25, 0.3) is 0 Å². The van der Waals surface area contributed by atoms with E-state index in [0.717, 1.165) is 0 Å². The molecule has 0 fully saturated rings. The Bertz CT molecular complexity index is 105. The quantitative estimate of drug-likeness (QED) is 0.485. The van der Waals surface area contributed by atoms with Crippen LogP contribution < -0.4 is 5.73 Å². The van der Waals surface area contributed by atoms with Gasteiger partial charge in [0.15, 0.2) is 0 Å². The third-order valence-electron chi connectivity index (χ3n) is 1.33. The summed E-state index contributed by atoms with van der Waals surface area (Å²) in [6, 6.07) is 0. The Labute approximate surface area is 59.7 Å². The highest BCUT2D eigenvalue weighted by Crippen LogP contribution is 2.03. The zero-order valence-electron chi connectivity index (χ0n) is 5.79. The molecule has 4 heteroatoms. The lowest BCUT2D eigenvalue weighted by Gasteiger charge is -2.06. The van der Waals surface area contributed by atoms with Crippen molar-refractivity contribution in [2.45, 2.75) is 12.8 Å². The first-order chi connectivity index (χ1) is 4.72. The van der Waals surface area contributed by atoms with E-state index in [0.29, 0.717) is 19.4 Å². The first-order valence-electron chi connectivity index (χ1n) is 3.26. The Hall–Kier alpha value is -0.610. The van der Waals surface area contributed by atoms with Crippen molar-refractivity contribution in [3.05, 3.63) is 0 Å². The van der Waals surface area contributed by atoms with Gasteiger partial charge in [-0.3, -0.25) is 4.79 Å². The maximum atomic E-state index is 10.2. The fraction of sp³-hybridized carbons (Fsp3) is 0.833. The minimum absolute atomic E-state index is 0.296. The fourth-order valence-corrected chi connectivity index (χ4v) is 0.657. The molecule has 0 amide bonds. The zero-order chi connectivity index (χ0) is 7.98. The van der Waals surface area contributed by atoms with Crippen LogP contribution in [0, 0.1) is 5.92 Å². The van der Waals surface area contributed by atoms with Crippen LogP contribution in [0.1, 0.15) is 12.8 Å². The summed E-state index contributed by atoms with van der Waals surface area (Å²) in [5.41, 5.74) is 5.16. The van der Waals surface area contributed by atoms with Crippen molar-refractivity contribution in [2.75, 3.05) is 13.2 Å². The summed E-state index contributed by atoms with van der Waals surface area (Å²) in [4.78, 5) is 10.2. The Morgan fingerprint density at radius 1 is 1.60 bits per heavy atom. The lowest BCUT2D eigenvalue weighted by molar-refractivity contribution is -0.143. The van der Waals surface area contributed by atoms with E-state index < -0.39 is 11.9 Å². The average molecular weight is 147 g/mol. The maximum Gasteiger partial charge on any atom is 0.308 e. The predicted octanol–water partition coefficient (Wildman–Crippen LogP) is -0.582. The lowest BCUT2D eigenvalue weighted by atomic mass is 10.1. The molecular weight excluding hydrogens is 134 g/mol. The Morgan fingerprint density at radius 3 is 2.50 bits per heavy atom. The van der Waals surface area contributed by atoms with Crippen molar-refractivity contribution in [3.63, 3.8) is 0 Å². The highest BCUT2D eigenvalue weighted by molar-refractivity contribution is 5.69. The molecule has 0 bridgehead atoms. The maximum absolute atomic E-state index is 10.2. The molecule has 0 saturated heterocycles. The third-order valence-corrected chi connectivity index (χ3v) is 1.33. The summed E-state index contributed by atoms with van der Waals surface area (Å²) in [6.45, 7) is 0.180. The van der Waals surface area contributed by atoms with E-state index in [1.54, 1.807) is 0 Å². The van der Waals surface area contributed by atoms with Crippen LogP contribution in [0.5, 0.6) is 0 Å². The second-order valence-electron chi connectivity index (χ2n) is 2.15. The number of nitrogens with two attached hydrogens (primary N) is 1. The predicted molar refractivity (Wildman–Crippen MR) is 36.5 cm³/mol. The molecule has 0 spiro atoms. The summed E-state index contributed by atoms with van der Waals surface area (Å²) < 4.78 is 0. The Morgan fingerprint density at radius 2 is 2.20 bits per heavy atom. The van der Waals surface area contributed by atoms with E-state index in [-0.39, 0.29) is 6.61 Å². The van der Waals surface area contributed by atoms with Crippen LogP contribution in [-0.2, 0) is 4.79 Å². The monoisotopic (exact) mass is 147 g/mol. The summed E-state index contributed by atoms with van der Waals surface area (Å²) in [6.07, 6.45) is 1.11. The molecule has 60 valence electrons. The van der Waals surface area contributed by atoms with E-state index in [1.807, 2.05) is 0 Å². The first kappa shape index (κ1) is 9.39. The van der Waals surface area contributed by atoms with Gasteiger partial charge in [0.05, 0.1) is 12.5 Å². The minimum Gasteiger partial charge on any atom is -0.481 e. The standard InChI is InChI=1S/C6H13NO3/c7-3-1-2-5(4-8)6(9)10/h5,8H,1-4,7H2,(H,9,10). The number of hydrogen-bond donors (Lipinski definition) is 3. The molecule has 1 atom stereocenters. The number of aliphatic carboxylic acids is 1. The SMILES string of the molecule is NCCCC(CO)C(=O)O. The van der Waals surface area contributed by atoms with Crippen molar-refractivity contribution in [1.29, 1.82) is 0 Å². The molecule has 10 heavy (non-hydrogen) atoms. The van der Waals surface area contributed by atoms with Crippen molar-refractivity contribution < 1.29 is 15.0 Å². The topological polar surface area (TPSA) is 83.5 Å². The molecule has 0 saturated carbocycles. The van der Waals surface area contributed by atoms with E-state index in [1.165, 1.54) is 0 Å². The van der Waals surface area contributed by atoms with E-state index in [4.69, 9.17) is 15.9 Å². The van der Waals surface area contributed by atoms with Gasteiger partial charge in [-0.1, -0.05) is 0 Å². The highest BCUT2D eigenvalue weighted by atomic mass is 16.4. The molecule has 4 nitrogen and oxygen atoms in total. The molecule has 0 radical (unpaired) electrons. The molecule has 0 aliphatic heterocycles. The van der Waals surface area contributed by atoms with E-state index >= 15 is 0 Å². The number of rotatable bonds is 5. The number of aliphatic hydroxyl groups is 1. The van der Waals surface area contributed by atoms with Gasteiger partial charge in [0.1, 0.15) is 0 Å². The molecule has 0 rings (SSSR count). The van der Waals surface area contributed by atoms with Gasteiger partial charge < -0.3 is 15.9 Å². The van der Waals surface area contributed by atoms with Crippen LogP contribution in [0.25, 0.3) is 0 Å². The zero-order valence-corrected chi connectivity index (χ0v) is 5.79. The van der Waals surface area contributed by atoms with E-state index in [9.17, 15) is 4.79 Å². The van der Waals surface area contributed by atoms with Gasteiger partial charge in [-0.15, -0.1) is 0 Å². The van der Waals surface area contributed by atoms with Crippen LogP contribution in [0.15, 0.2) is 0 Å². The summed E-state index contributed by atoms with van der Waals surface area (Å²) in [5.74, 6) is -1.58. The highest BCUT2D eigenvalue weighted by Gasteiger charge is 2.14. The molecule has 4 N–H and O–H groups in total. The van der Waals surface area contributed by atoms with Gasteiger partial charge in [0, 0.05) is 0 Å². The molecule has 0 aromatic heterocycles. The number of carboxylic acids is 1. The Balaban J connectivity index is 3.50. The largest absolute Gasteiger partial charge is 0.481 e. The molecule has 0 heterocycles. The van der Waals surface area contributed by atoms with Crippen molar-refractivity contribution in [2.24, 2.45) is 11.7 Å². The summed E-state index contributed by atoms with van der Waals surface area (Å²) >= 11 is 0.